The minimum Gasteiger partial charge on any atom is -0.387 e. The summed E-state index contributed by atoms with van der Waals surface area (Å²) in [5, 5.41) is 18.4. The molecule has 0 aliphatic carbocycles. The summed E-state index contributed by atoms with van der Waals surface area (Å²) in [7, 11) is 0. The van der Waals surface area contributed by atoms with Gasteiger partial charge in [0.05, 0.1) is 16.7 Å². The van der Waals surface area contributed by atoms with E-state index in [1.165, 1.54) is 11.3 Å². The van der Waals surface area contributed by atoms with Crippen LogP contribution in [-0.4, -0.2) is 39.8 Å². The van der Waals surface area contributed by atoms with Crippen molar-refractivity contribution in [1.82, 2.24) is 10.6 Å². The highest BCUT2D eigenvalue weighted by Gasteiger charge is 2.35. The zero-order valence-electron chi connectivity index (χ0n) is 16.2. The number of amides is 1. The van der Waals surface area contributed by atoms with Crippen LogP contribution in [0.2, 0.25) is 5.02 Å². The number of carbonyl (C=O) groups is 1. The van der Waals surface area contributed by atoms with Crippen molar-refractivity contribution in [3.63, 3.8) is 0 Å². The molecule has 0 spiro atoms. The molecule has 4 nitrogen and oxygen atoms in total. The Morgan fingerprint density at radius 3 is 2.62 bits per heavy atom. The first-order valence-electron chi connectivity index (χ1n) is 9.08. The number of thioether (sulfide) groups is 1. The van der Waals surface area contributed by atoms with Crippen LogP contribution in [0.5, 0.6) is 0 Å². The molecule has 8 heteroatoms. The van der Waals surface area contributed by atoms with Gasteiger partial charge in [-0.05, 0) is 49.6 Å². The highest BCUT2D eigenvalue weighted by atomic mass is 35.5. The zero-order chi connectivity index (χ0) is 21.4. The number of carbonyl (C=O) groups excluding carboxylic acids is 1. The number of hydrogen-bond acceptors (Lipinski definition) is 5. The van der Waals surface area contributed by atoms with Gasteiger partial charge in [0, 0.05) is 10.1 Å². The molecule has 0 bridgehead atoms. The lowest BCUT2D eigenvalue weighted by molar-refractivity contribution is 0.0120. The molecule has 1 heterocycles. The summed E-state index contributed by atoms with van der Waals surface area (Å²) in [5.74, 6) is 0.459. The van der Waals surface area contributed by atoms with Gasteiger partial charge in [-0.15, -0.1) is 24.5 Å². The Bertz CT molecular complexity index is 887. The Morgan fingerprint density at radius 2 is 2.03 bits per heavy atom. The topological polar surface area (TPSA) is 61.4 Å². The predicted octanol–water partition coefficient (Wildman–Crippen LogP) is 5.16. The van der Waals surface area contributed by atoms with Crippen LogP contribution in [0.1, 0.15) is 28.9 Å². The lowest BCUT2D eigenvalue weighted by atomic mass is 9.85. The maximum atomic E-state index is 12.7. The average molecular weight is 469 g/mol. The fourth-order valence-corrected chi connectivity index (χ4v) is 5.21. The number of thiocarbonyl (C=S) groups is 1. The van der Waals surface area contributed by atoms with E-state index >= 15 is 0 Å². The molecule has 0 radical (unpaired) electrons. The summed E-state index contributed by atoms with van der Waals surface area (Å²) < 4.78 is 0.936. The van der Waals surface area contributed by atoms with Gasteiger partial charge in [0.25, 0.3) is 5.91 Å². The van der Waals surface area contributed by atoms with Gasteiger partial charge >= 0.3 is 0 Å². The van der Waals surface area contributed by atoms with E-state index in [9.17, 15) is 9.90 Å². The van der Waals surface area contributed by atoms with Crippen LogP contribution < -0.4 is 10.6 Å². The summed E-state index contributed by atoms with van der Waals surface area (Å²) in [6.45, 7) is 7.49. The monoisotopic (exact) mass is 468 g/mol. The van der Waals surface area contributed by atoms with Gasteiger partial charge in [0.1, 0.15) is 4.88 Å². The van der Waals surface area contributed by atoms with Gasteiger partial charge in [-0.1, -0.05) is 42.0 Å². The van der Waals surface area contributed by atoms with Crippen LogP contribution >= 0.6 is 46.9 Å². The van der Waals surface area contributed by atoms with Gasteiger partial charge in [0.2, 0.25) is 0 Å². The summed E-state index contributed by atoms with van der Waals surface area (Å²) in [4.78, 5) is 13.1. The lowest BCUT2D eigenvalue weighted by Crippen LogP contribution is -2.55. The summed E-state index contributed by atoms with van der Waals surface area (Å²) in [5.41, 5.74) is -1.09. The van der Waals surface area contributed by atoms with E-state index in [-0.39, 0.29) is 17.1 Å². The van der Waals surface area contributed by atoms with E-state index in [0.717, 1.165) is 15.8 Å². The average Bonchev–Trinajstić information content (AvgIpc) is 3.02. The molecule has 3 N–H and O–H groups in total. The third-order valence-corrected chi connectivity index (χ3v) is 7.07. The van der Waals surface area contributed by atoms with E-state index in [0.29, 0.717) is 29.2 Å². The number of halogens is 1. The van der Waals surface area contributed by atoms with Crippen LogP contribution in [0.25, 0.3) is 10.1 Å². The number of hydrogen-bond donors (Lipinski definition) is 3. The number of fused-ring (bicyclic) bond motifs is 1. The van der Waals surface area contributed by atoms with Crippen molar-refractivity contribution in [2.45, 2.75) is 30.9 Å². The maximum absolute atomic E-state index is 12.7. The summed E-state index contributed by atoms with van der Waals surface area (Å²) >= 11 is 14.7. The summed E-state index contributed by atoms with van der Waals surface area (Å²) in [6, 6.07) is 7.22. The first kappa shape index (κ1) is 23.9. The van der Waals surface area contributed by atoms with Crippen LogP contribution in [-0.2, 0) is 0 Å². The van der Waals surface area contributed by atoms with Crippen LogP contribution in [0.3, 0.4) is 0 Å². The lowest BCUT2D eigenvalue weighted by Gasteiger charge is -2.36. The molecule has 0 fully saturated rings. The zero-order valence-corrected chi connectivity index (χ0v) is 19.4. The van der Waals surface area contributed by atoms with Crippen molar-refractivity contribution in [2.24, 2.45) is 0 Å². The van der Waals surface area contributed by atoms with Crippen LogP contribution in [0.15, 0.2) is 49.6 Å². The van der Waals surface area contributed by atoms with Gasteiger partial charge < -0.3 is 10.4 Å². The van der Waals surface area contributed by atoms with Crippen molar-refractivity contribution in [1.29, 1.82) is 0 Å². The Kier molecular flexibility index (Phi) is 9.17. The third kappa shape index (κ3) is 6.06. The van der Waals surface area contributed by atoms with E-state index < -0.39 is 5.60 Å². The number of aliphatic hydroxyl groups is 1. The largest absolute Gasteiger partial charge is 0.387 e. The smallest absolute Gasteiger partial charge is 0.269 e. The second-order valence-corrected chi connectivity index (χ2v) is 9.42. The minimum absolute atomic E-state index is 0.154. The SMILES string of the molecule is C=CCC(O)(CC=C)[C@H](CCSC)NC(=S)NC(=O)c1sc2ccccc2c1Cl. The quantitative estimate of drug-likeness (QED) is 0.332. The van der Waals surface area contributed by atoms with Gasteiger partial charge in [-0.3, -0.25) is 10.1 Å². The van der Waals surface area contributed by atoms with E-state index in [2.05, 4.69) is 23.8 Å². The molecule has 1 aromatic heterocycles. The standard InChI is InChI=1S/C21H25ClN2O2S3/c1-4-11-21(26,12-5-2)16(10-13-28-3)23-20(27)24-19(25)18-17(22)14-8-6-7-9-15(14)29-18/h4-9,16,26H,1-2,10-13H2,3H3,(H2,23,24,25,27)/t16-/m0/s1. The molecule has 156 valence electrons. The maximum Gasteiger partial charge on any atom is 0.269 e. The molecular formula is C21H25ClN2O2S3. The highest BCUT2D eigenvalue weighted by molar-refractivity contribution is 7.98. The molecule has 0 unspecified atom stereocenters. The van der Waals surface area contributed by atoms with Gasteiger partial charge in [-0.25, -0.2) is 0 Å². The molecule has 1 aromatic carbocycles. The van der Waals surface area contributed by atoms with Crippen LogP contribution in [0.4, 0.5) is 0 Å². The molecule has 0 saturated carbocycles. The van der Waals surface area contributed by atoms with Gasteiger partial charge in [-0.2, -0.15) is 11.8 Å². The van der Waals surface area contributed by atoms with E-state index in [1.54, 1.807) is 23.9 Å². The summed E-state index contributed by atoms with van der Waals surface area (Å²) in [6.07, 6.45) is 6.78. The van der Waals surface area contributed by atoms with Crippen molar-refractivity contribution < 1.29 is 9.90 Å². The Morgan fingerprint density at radius 1 is 1.38 bits per heavy atom. The molecule has 0 saturated heterocycles. The molecule has 0 aliphatic rings. The second kappa shape index (κ2) is 11.1. The third-order valence-electron chi connectivity index (χ3n) is 4.53. The van der Waals surface area contributed by atoms with Crippen molar-refractivity contribution in [3.8, 4) is 0 Å². The molecule has 1 amide bonds. The van der Waals surface area contributed by atoms with E-state index in [1.807, 2.05) is 30.5 Å². The fourth-order valence-electron chi connectivity index (χ4n) is 3.09. The molecule has 1 atom stereocenters. The molecule has 29 heavy (non-hydrogen) atoms. The Balaban J connectivity index is 2.15. The molecule has 0 aliphatic heterocycles. The normalized spacial score (nSPS) is 12.4. The van der Waals surface area contributed by atoms with Crippen molar-refractivity contribution in [2.75, 3.05) is 12.0 Å². The predicted molar refractivity (Wildman–Crippen MR) is 131 cm³/mol. The molecular weight excluding hydrogens is 444 g/mol. The number of rotatable bonds is 10. The van der Waals surface area contributed by atoms with E-state index in [4.69, 9.17) is 23.8 Å². The first-order valence-corrected chi connectivity index (χ1v) is 12.1. The Hall–Kier alpha value is -1.38. The van der Waals surface area contributed by atoms with Crippen molar-refractivity contribution in [3.05, 3.63) is 59.5 Å². The molecule has 2 aromatic rings. The number of nitrogens with one attached hydrogen (secondary N) is 2. The van der Waals surface area contributed by atoms with Crippen molar-refractivity contribution >= 4 is 68.0 Å². The first-order chi connectivity index (χ1) is 13.9. The minimum atomic E-state index is -1.09. The second-order valence-electron chi connectivity index (χ2n) is 6.59. The highest BCUT2D eigenvalue weighted by Crippen LogP contribution is 2.35. The van der Waals surface area contributed by atoms with Gasteiger partial charge in [0.15, 0.2) is 5.11 Å². The Labute approximate surface area is 190 Å². The van der Waals surface area contributed by atoms with Crippen LogP contribution in [0, 0.1) is 0 Å². The fraction of sp³-hybridized carbons (Fsp3) is 0.333. The number of thiophene rings is 1. The number of benzene rings is 1. The molecule has 2 rings (SSSR count).